The molecule has 0 spiro atoms. The first-order valence-electron chi connectivity index (χ1n) is 23.8. The predicted octanol–water partition coefficient (Wildman–Crippen LogP) is 14.1. The average molecular weight is 850 g/mol. The van der Waals surface area contributed by atoms with Crippen LogP contribution in [0.25, 0.3) is 0 Å². The first-order chi connectivity index (χ1) is 28.8. The summed E-state index contributed by atoms with van der Waals surface area (Å²) in [4.78, 5) is 34.9. The molecule has 59 heavy (non-hydrogen) atoms. The van der Waals surface area contributed by atoms with Crippen LogP contribution in [0.4, 0.5) is 0 Å². The van der Waals surface area contributed by atoms with Crippen molar-refractivity contribution in [1.82, 2.24) is 0 Å². The van der Waals surface area contributed by atoms with Crippen LogP contribution >= 0.6 is 7.82 Å². The van der Waals surface area contributed by atoms with Gasteiger partial charge in [0.25, 0.3) is 0 Å². The van der Waals surface area contributed by atoms with E-state index in [0.717, 1.165) is 77.0 Å². The molecule has 342 valence electrons. The van der Waals surface area contributed by atoms with E-state index in [2.05, 4.69) is 74.6 Å². The van der Waals surface area contributed by atoms with E-state index >= 15 is 0 Å². The number of hydrogen-bond donors (Lipinski definition) is 2. The highest BCUT2D eigenvalue weighted by molar-refractivity contribution is 7.47. The van der Waals surface area contributed by atoms with Gasteiger partial charge in [0.15, 0.2) is 6.10 Å². The molecule has 0 fully saturated rings. The maximum absolute atomic E-state index is 12.6. The summed E-state index contributed by atoms with van der Waals surface area (Å²) in [6.45, 7) is 3.59. The molecule has 10 heteroatoms. The molecule has 0 aromatic carbocycles. The van der Waals surface area contributed by atoms with Gasteiger partial charge in [-0.25, -0.2) is 4.57 Å². The van der Waals surface area contributed by atoms with Gasteiger partial charge in [-0.2, -0.15) is 0 Å². The summed E-state index contributed by atoms with van der Waals surface area (Å²) in [5.41, 5.74) is 5.35. The molecule has 0 rings (SSSR count). The standard InChI is InChI=1S/C49H88NO8P/c1-3-5-7-9-11-13-15-17-19-20-21-22-23-24-25-26-28-29-31-33-35-37-39-41-48(51)55-45-47(46-57-59(53,54)56-44-43-50)58-49(52)42-40-38-36-34-32-30-27-18-16-14-12-10-8-6-4-2/h6,8,12,14-15,17-18,20-21,27,47H,3-5,7,9-11,13,16,19,22-26,28-46,50H2,1-2H3,(H,53,54)/b8-6-,14-12-,17-15-,21-20-,27-18-. The molecule has 0 radical (unpaired) electrons. The van der Waals surface area contributed by atoms with Gasteiger partial charge < -0.3 is 20.1 Å². The molecule has 0 aliphatic rings. The monoisotopic (exact) mass is 850 g/mol. The van der Waals surface area contributed by atoms with Crippen LogP contribution in [-0.4, -0.2) is 49.3 Å². The molecule has 0 aromatic rings. The lowest BCUT2D eigenvalue weighted by Gasteiger charge is -2.19. The van der Waals surface area contributed by atoms with Crippen LogP contribution < -0.4 is 5.73 Å². The molecule has 0 aliphatic heterocycles. The second-order valence-corrected chi connectivity index (χ2v) is 17.0. The van der Waals surface area contributed by atoms with Gasteiger partial charge in [0.05, 0.1) is 13.2 Å². The first kappa shape index (κ1) is 56.7. The molecule has 0 saturated carbocycles. The summed E-state index contributed by atoms with van der Waals surface area (Å²) in [6, 6.07) is 0. The number of allylic oxidation sites excluding steroid dienone is 10. The van der Waals surface area contributed by atoms with Crippen molar-refractivity contribution in [3.8, 4) is 0 Å². The average Bonchev–Trinajstić information content (AvgIpc) is 3.22. The van der Waals surface area contributed by atoms with E-state index in [4.69, 9.17) is 24.3 Å². The van der Waals surface area contributed by atoms with Crippen molar-refractivity contribution in [1.29, 1.82) is 0 Å². The number of ether oxygens (including phenoxy) is 2. The molecular weight excluding hydrogens is 762 g/mol. The summed E-state index contributed by atoms with van der Waals surface area (Å²) in [5, 5.41) is 0. The molecule has 0 bridgehead atoms. The van der Waals surface area contributed by atoms with Crippen LogP contribution in [0, 0.1) is 0 Å². The highest BCUT2D eigenvalue weighted by atomic mass is 31.2. The zero-order valence-electron chi connectivity index (χ0n) is 37.7. The number of carbonyl (C=O) groups excluding carboxylic acids is 2. The summed E-state index contributed by atoms with van der Waals surface area (Å²) >= 11 is 0. The molecule has 0 aliphatic carbocycles. The van der Waals surface area contributed by atoms with Gasteiger partial charge in [0, 0.05) is 19.4 Å². The maximum atomic E-state index is 12.6. The van der Waals surface area contributed by atoms with Gasteiger partial charge in [0.1, 0.15) is 6.61 Å². The number of unbranched alkanes of at least 4 members (excludes halogenated alkanes) is 21. The van der Waals surface area contributed by atoms with Gasteiger partial charge in [0.2, 0.25) is 0 Å². The van der Waals surface area contributed by atoms with Crippen LogP contribution in [0.3, 0.4) is 0 Å². The molecule has 0 aromatic heterocycles. The Bertz CT molecular complexity index is 1150. The second-order valence-electron chi connectivity index (χ2n) is 15.6. The molecule has 0 amide bonds. The fraction of sp³-hybridized carbons (Fsp3) is 0.755. The van der Waals surface area contributed by atoms with Crippen molar-refractivity contribution in [3.05, 3.63) is 60.8 Å². The quantitative estimate of drug-likeness (QED) is 0.0266. The number of phosphoric ester groups is 1. The smallest absolute Gasteiger partial charge is 0.462 e. The number of hydrogen-bond acceptors (Lipinski definition) is 8. The minimum Gasteiger partial charge on any atom is -0.462 e. The Balaban J connectivity index is 4.07. The van der Waals surface area contributed by atoms with E-state index in [1.54, 1.807) is 0 Å². The Morgan fingerprint density at radius 1 is 0.525 bits per heavy atom. The Labute approximate surface area is 361 Å². The maximum Gasteiger partial charge on any atom is 0.472 e. The van der Waals surface area contributed by atoms with Crippen molar-refractivity contribution in [2.24, 2.45) is 5.73 Å². The number of esters is 2. The SMILES string of the molecule is CC/C=C\C/C=C\C/C=C\CCCCCCCC(=O)OC(COC(=O)CCCCCCCCCCCCC/C=C\C/C=C\CCCCCCC)COP(=O)(O)OCCN. The van der Waals surface area contributed by atoms with Gasteiger partial charge in [-0.15, -0.1) is 0 Å². The van der Waals surface area contributed by atoms with Crippen molar-refractivity contribution in [3.63, 3.8) is 0 Å². The van der Waals surface area contributed by atoms with Crippen LogP contribution in [0.1, 0.15) is 206 Å². The van der Waals surface area contributed by atoms with E-state index < -0.39 is 26.5 Å². The zero-order valence-corrected chi connectivity index (χ0v) is 38.6. The van der Waals surface area contributed by atoms with Crippen molar-refractivity contribution >= 4 is 19.8 Å². The third-order valence-electron chi connectivity index (χ3n) is 9.89. The van der Waals surface area contributed by atoms with Crippen LogP contribution in [-0.2, 0) is 32.7 Å². The van der Waals surface area contributed by atoms with Gasteiger partial charge in [-0.05, 0) is 77.0 Å². The summed E-state index contributed by atoms with van der Waals surface area (Å²) in [7, 11) is -4.39. The normalized spacial score (nSPS) is 13.8. The van der Waals surface area contributed by atoms with Crippen LogP contribution in [0.5, 0.6) is 0 Å². The van der Waals surface area contributed by atoms with E-state index in [-0.39, 0.29) is 38.6 Å². The van der Waals surface area contributed by atoms with Crippen molar-refractivity contribution < 1.29 is 37.6 Å². The van der Waals surface area contributed by atoms with E-state index in [0.29, 0.717) is 6.42 Å². The molecule has 2 atom stereocenters. The lowest BCUT2D eigenvalue weighted by Crippen LogP contribution is -2.29. The number of rotatable bonds is 44. The Hall–Kier alpha value is -2.29. The molecule has 2 unspecified atom stereocenters. The lowest BCUT2D eigenvalue weighted by atomic mass is 10.0. The number of phosphoric acid groups is 1. The third-order valence-corrected chi connectivity index (χ3v) is 10.9. The largest absolute Gasteiger partial charge is 0.472 e. The Morgan fingerprint density at radius 2 is 0.932 bits per heavy atom. The predicted molar refractivity (Wildman–Crippen MR) is 247 cm³/mol. The number of carbonyl (C=O) groups is 2. The summed E-state index contributed by atoms with van der Waals surface area (Å²) in [6.07, 6.45) is 54.0. The molecule has 0 saturated heterocycles. The molecule has 3 N–H and O–H groups in total. The fourth-order valence-corrected chi connectivity index (χ4v) is 7.15. The minimum atomic E-state index is -4.39. The van der Waals surface area contributed by atoms with Crippen LogP contribution in [0.15, 0.2) is 60.8 Å². The van der Waals surface area contributed by atoms with Gasteiger partial charge in [-0.1, -0.05) is 177 Å². The zero-order chi connectivity index (χ0) is 43.2. The van der Waals surface area contributed by atoms with Crippen molar-refractivity contribution in [2.75, 3.05) is 26.4 Å². The second kappa shape index (κ2) is 45.2. The highest BCUT2D eigenvalue weighted by Gasteiger charge is 2.26. The highest BCUT2D eigenvalue weighted by Crippen LogP contribution is 2.43. The first-order valence-corrected chi connectivity index (χ1v) is 25.3. The van der Waals surface area contributed by atoms with E-state index in [1.165, 1.54) is 96.3 Å². The van der Waals surface area contributed by atoms with E-state index in [9.17, 15) is 19.0 Å². The Morgan fingerprint density at radius 3 is 1.39 bits per heavy atom. The van der Waals surface area contributed by atoms with Gasteiger partial charge in [-0.3, -0.25) is 18.6 Å². The fourth-order valence-electron chi connectivity index (χ4n) is 6.39. The summed E-state index contributed by atoms with van der Waals surface area (Å²) < 4.78 is 32.8. The molecule has 9 nitrogen and oxygen atoms in total. The van der Waals surface area contributed by atoms with Gasteiger partial charge >= 0.3 is 19.8 Å². The van der Waals surface area contributed by atoms with E-state index in [1.807, 2.05) is 0 Å². The third kappa shape index (κ3) is 45.1. The van der Waals surface area contributed by atoms with Crippen molar-refractivity contribution in [2.45, 2.75) is 213 Å². The summed E-state index contributed by atoms with van der Waals surface area (Å²) in [5.74, 6) is -0.851. The van der Waals surface area contributed by atoms with Crippen LogP contribution in [0.2, 0.25) is 0 Å². The molecule has 0 heterocycles. The topological polar surface area (TPSA) is 134 Å². The number of nitrogens with two attached hydrogens (primary N) is 1. The lowest BCUT2D eigenvalue weighted by molar-refractivity contribution is -0.161. The minimum absolute atomic E-state index is 0.0479. The Kier molecular flexibility index (Phi) is 43.5. The molecular formula is C49H88NO8P.